The molecule has 2 rings (SSSR count). The van der Waals surface area contributed by atoms with Crippen molar-refractivity contribution in [3.8, 4) is 11.4 Å². The van der Waals surface area contributed by atoms with Crippen molar-refractivity contribution in [2.45, 2.75) is 20.3 Å². The smallest absolute Gasteiger partial charge is 0.205 e. The van der Waals surface area contributed by atoms with Crippen LogP contribution in [-0.2, 0) is 0 Å². The van der Waals surface area contributed by atoms with Crippen molar-refractivity contribution in [1.29, 1.82) is 0 Å². The largest absolute Gasteiger partial charge is 0.350 e. The summed E-state index contributed by atoms with van der Waals surface area (Å²) in [4.78, 5) is 18.0. The molecule has 0 N–H and O–H groups in total. The third-order valence-corrected chi connectivity index (χ3v) is 3.66. The first-order valence-electron chi connectivity index (χ1n) is 6.28. The Balaban J connectivity index is 2.27. The molecule has 1 aromatic carbocycles. The number of benzene rings is 1. The second-order valence-corrected chi connectivity index (χ2v) is 5.19. The number of rotatable bonds is 5. The van der Waals surface area contributed by atoms with Crippen LogP contribution in [-0.4, -0.2) is 28.7 Å². The lowest BCUT2D eigenvalue weighted by Crippen LogP contribution is -2.17. The molecule has 0 unspecified atom stereocenters. The number of hydrogen-bond acceptors (Lipinski definition) is 5. The fraction of sp³-hybridized carbons (Fsp3) is 0.357. The predicted octanol–water partition coefficient (Wildman–Crippen LogP) is 3.25. The first-order chi connectivity index (χ1) is 9.11. The Bertz CT molecular complexity index is 580. The van der Waals surface area contributed by atoms with Gasteiger partial charge < -0.3 is 4.90 Å². The van der Waals surface area contributed by atoms with Crippen molar-refractivity contribution >= 4 is 22.4 Å². The number of anilines is 1. The standard InChI is InChI=1S/C14H17N3OS/c1-4-8-17(3)14-15-13(16-19-14)12-7-5-6-11(9-12)10(2)18/h5-7,9H,4,8H2,1-3H3. The number of carbonyl (C=O) groups excluding carboxylic acids is 1. The van der Waals surface area contributed by atoms with Gasteiger partial charge in [0, 0.05) is 36.3 Å². The zero-order valence-corrected chi connectivity index (χ0v) is 12.2. The Hall–Kier alpha value is -1.75. The van der Waals surface area contributed by atoms with E-state index in [4.69, 9.17) is 0 Å². The molecule has 0 aliphatic heterocycles. The average Bonchev–Trinajstić information content (AvgIpc) is 2.89. The maximum Gasteiger partial charge on any atom is 0.205 e. The molecule has 1 aromatic heterocycles. The SMILES string of the molecule is CCCN(C)c1nc(-c2cccc(C(C)=O)c2)ns1. The van der Waals surface area contributed by atoms with E-state index in [1.165, 1.54) is 11.5 Å². The summed E-state index contributed by atoms with van der Waals surface area (Å²) >= 11 is 1.39. The molecule has 2 aromatic rings. The highest BCUT2D eigenvalue weighted by molar-refractivity contribution is 7.09. The summed E-state index contributed by atoms with van der Waals surface area (Å²) in [6, 6.07) is 7.44. The first kappa shape index (κ1) is 13.7. The van der Waals surface area contributed by atoms with Gasteiger partial charge in [0.05, 0.1) is 0 Å². The molecule has 0 radical (unpaired) electrons. The first-order valence-corrected chi connectivity index (χ1v) is 7.05. The Morgan fingerprint density at radius 1 is 1.42 bits per heavy atom. The van der Waals surface area contributed by atoms with Gasteiger partial charge in [-0.1, -0.05) is 25.1 Å². The van der Waals surface area contributed by atoms with Gasteiger partial charge in [0.15, 0.2) is 11.6 Å². The van der Waals surface area contributed by atoms with Gasteiger partial charge in [0.2, 0.25) is 5.13 Å². The molecular weight excluding hydrogens is 258 g/mol. The summed E-state index contributed by atoms with van der Waals surface area (Å²) in [5, 5.41) is 0.907. The summed E-state index contributed by atoms with van der Waals surface area (Å²) in [6.07, 6.45) is 1.07. The van der Waals surface area contributed by atoms with Gasteiger partial charge in [-0.25, -0.2) is 0 Å². The summed E-state index contributed by atoms with van der Waals surface area (Å²) in [5.74, 6) is 0.742. The lowest BCUT2D eigenvalue weighted by Gasteiger charge is -2.12. The van der Waals surface area contributed by atoms with Crippen LogP contribution in [0.4, 0.5) is 5.13 Å². The highest BCUT2D eigenvalue weighted by atomic mass is 32.1. The Labute approximate surface area is 117 Å². The number of aromatic nitrogens is 2. The molecule has 0 atom stereocenters. The highest BCUT2D eigenvalue weighted by Gasteiger charge is 2.10. The topological polar surface area (TPSA) is 46.1 Å². The molecule has 4 nitrogen and oxygen atoms in total. The van der Waals surface area contributed by atoms with Crippen LogP contribution >= 0.6 is 11.5 Å². The molecule has 19 heavy (non-hydrogen) atoms. The van der Waals surface area contributed by atoms with Crippen molar-refractivity contribution in [3.05, 3.63) is 29.8 Å². The van der Waals surface area contributed by atoms with Gasteiger partial charge in [0.1, 0.15) is 0 Å². The molecule has 0 aliphatic carbocycles. The summed E-state index contributed by atoms with van der Waals surface area (Å²) < 4.78 is 4.37. The third kappa shape index (κ3) is 3.17. The number of Topliss-reactive ketones (excluding diaryl/α,β-unsaturated/α-hetero) is 1. The Morgan fingerprint density at radius 2 is 2.21 bits per heavy atom. The minimum atomic E-state index is 0.0559. The molecular formula is C14H17N3OS. The summed E-state index contributed by atoms with van der Waals surface area (Å²) in [7, 11) is 2.01. The molecule has 0 saturated heterocycles. The Kier molecular flexibility index (Phi) is 4.27. The van der Waals surface area contributed by atoms with Crippen molar-refractivity contribution < 1.29 is 4.79 Å². The van der Waals surface area contributed by atoms with Crippen molar-refractivity contribution in [1.82, 2.24) is 9.36 Å². The Morgan fingerprint density at radius 3 is 2.89 bits per heavy atom. The molecule has 0 amide bonds. The van der Waals surface area contributed by atoms with Crippen LogP contribution in [0.25, 0.3) is 11.4 Å². The maximum atomic E-state index is 11.4. The fourth-order valence-corrected chi connectivity index (χ4v) is 2.47. The minimum Gasteiger partial charge on any atom is -0.350 e. The molecule has 0 saturated carbocycles. The van der Waals surface area contributed by atoms with Crippen LogP contribution in [0.2, 0.25) is 0 Å². The van der Waals surface area contributed by atoms with E-state index in [0.717, 1.165) is 23.7 Å². The van der Waals surface area contributed by atoms with Gasteiger partial charge in [-0.2, -0.15) is 9.36 Å². The van der Waals surface area contributed by atoms with Crippen LogP contribution in [0, 0.1) is 0 Å². The predicted molar refractivity (Wildman–Crippen MR) is 78.9 cm³/mol. The van der Waals surface area contributed by atoms with E-state index in [1.54, 1.807) is 6.92 Å². The van der Waals surface area contributed by atoms with Crippen molar-refractivity contribution in [2.24, 2.45) is 0 Å². The fourth-order valence-electron chi connectivity index (χ4n) is 1.80. The average molecular weight is 275 g/mol. The van der Waals surface area contributed by atoms with E-state index >= 15 is 0 Å². The van der Waals surface area contributed by atoms with Crippen LogP contribution in [0.15, 0.2) is 24.3 Å². The van der Waals surface area contributed by atoms with Crippen LogP contribution in [0.1, 0.15) is 30.6 Å². The van der Waals surface area contributed by atoms with E-state index in [0.29, 0.717) is 11.4 Å². The lowest BCUT2D eigenvalue weighted by molar-refractivity contribution is 0.101. The van der Waals surface area contributed by atoms with Crippen LogP contribution < -0.4 is 4.90 Å². The van der Waals surface area contributed by atoms with Gasteiger partial charge in [-0.05, 0) is 19.4 Å². The molecule has 0 bridgehead atoms. The summed E-state index contributed by atoms with van der Waals surface area (Å²) in [5.41, 5.74) is 1.58. The second kappa shape index (κ2) is 5.93. The third-order valence-electron chi connectivity index (χ3n) is 2.83. The minimum absolute atomic E-state index is 0.0559. The normalized spacial score (nSPS) is 10.5. The van der Waals surface area contributed by atoms with E-state index in [-0.39, 0.29) is 5.78 Å². The molecule has 5 heteroatoms. The van der Waals surface area contributed by atoms with Crippen LogP contribution in [0.3, 0.4) is 0 Å². The van der Waals surface area contributed by atoms with Crippen molar-refractivity contribution in [3.63, 3.8) is 0 Å². The van der Waals surface area contributed by atoms with Crippen molar-refractivity contribution in [2.75, 3.05) is 18.5 Å². The molecule has 0 fully saturated rings. The lowest BCUT2D eigenvalue weighted by atomic mass is 10.1. The molecule has 0 spiro atoms. The second-order valence-electron chi connectivity index (χ2n) is 4.46. The van der Waals surface area contributed by atoms with E-state index in [2.05, 4.69) is 21.2 Å². The number of ketones is 1. The van der Waals surface area contributed by atoms with E-state index in [9.17, 15) is 4.79 Å². The van der Waals surface area contributed by atoms with Crippen LogP contribution in [0.5, 0.6) is 0 Å². The number of nitrogens with zero attached hydrogens (tertiary/aromatic N) is 3. The molecule has 100 valence electrons. The van der Waals surface area contributed by atoms with E-state index < -0.39 is 0 Å². The highest BCUT2D eigenvalue weighted by Crippen LogP contribution is 2.24. The monoisotopic (exact) mass is 275 g/mol. The zero-order valence-electron chi connectivity index (χ0n) is 11.4. The number of hydrogen-bond donors (Lipinski definition) is 0. The maximum absolute atomic E-state index is 11.4. The van der Waals surface area contributed by atoms with E-state index in [1.807, 2.05) is 31.3 Å². The van der Waals surface area contributed by atoms with Gasteiger partial charge >= 0.3 is 0 Å². The molecule has 1 heterocycles. The zero-order chi connectivity index (χ0) is 13.8. The summed E-state index contributed by atoms with van der Waals surface area (Å²) in [6.45, 7) is 4.66. The van der Waals surface area contributed by atoms with Gasteiger partial charge in [-0.3, -0.25) is 4.79 Å². The van der Waals surface area contributed by atoms with Gasteiger partial charge in [0.25, 0.3) is 0 Å². The van der Waals surface area contributed by atoms with Gasteiger partial charge in [-0.15, -0.1) is 0 Å². The quantitative estimate of drug-likeness (QED) is 0.786. The number of carbonyl (C=O) groups is 1. The molecule has 0 aliphatic rings.